The second-order valence-corrected chi connectivity index (χ2v) is 12.1. The predicted molar refractivity (Wildman–Crippen MR) is 171 cm³/mol. The quantitative estimate of drug-likeness (QED) is 0.293. The van der Waals surface area contributed by atoms with Gasteiger partial charge >= 0.3 is 11.9 Å². The largest absolute Gasteiger partial charge is 0.481 e. The number of anilines is 2. The van der Waals surface area contributed by atoms with Crippen molar-refractivity contribution in [3.05, 3.63) is 71.8 Å². The van der Waals surface area contributed by atoms with Crippen molar-refractivity contribution < 1.29 is 33.8 Å². The average molecular weight is 617 g/mol. The number of ether oxygens (including phenoxy) is 1. The number of aryl methyl sites for hydroxylation is 1. The van der Waals surface area contributed by atoms with Crippen LogP contribution in [0, 0.1) is 6.92 Å². The molecule has 238 valence electrons. The fraction of sp³-hybridized carbons (Fsp3) is 0.382. The van der Waals surface area contributed by atoms with Gasteiger partial charge in [0.1, 0.15) is 11.6 Å². The Morgan fingerprint density at radius 2 is 1.64 bits per heavy atom. The fourth-order valence-corrected chi connectivity index (χ4v) is 5.26. The third-order valence-electron chi connectivity index (χ3n) is 7.52. The monoisotopic (exact) mass is 616 g/mol. The molecule has 1 heterocycles. The van der Waals surface area contributed by atoms with E-state index in [0.29, 0.717) is 11.4 Å². The number of hydrogen-bond donors (Lipinski definition) is 3. The maximum atomic E-state index is 14.4. The first-order chi connectivity index (χ1) is 21.2. The highest BCUT2D eigenvalue weighted by molar-refractivity contribution is 6.08. The highest BCUT2D eigenvalue weighted by atomic mass is 16.6. The molecule has 1 aliphatic rings. The topological polar surface area (TPSA) is 145 Å². The summed E-state index contributed by atoms with van der Waals surface area (Å²) in [6.07, 6.45) is -0.665. The van der Waals surface area contributed by atoms with Gasteiger partial charge in [0.05, 0.1) is 43.5 Å². The molecule has 0 bridgehead atoms. The minimum Gasteiger partial charge on any atom is -0.481 e. The van der Waals surface area contributed by atoms with Crippen molar-refractivity contribution in [3.8, 4) is 0 Å². The molecule has 1 aliphatic heterocycles. The summed E-state index contributed by atoms with van der Waals surface area (Å²) in [5.74, 6) is -3.13. The van der Waals surface area contributed by atoms with E-state index in [4.69, 9.17) is 4.74 Å². The van der Waals surface area contributed by atoms with Crippen molar-refractivity contribution in [3.63, 3.8) is 0 Å². The molecule has 4 rings (SSSR count). The minimum atomic E-state index is -1.17. The first kappa shape index (κ1) is 33.1. The van der Waals surface area contributed by atoms with Crippen molar-refractivity contribution in [1.29, 1.82) is 0 Å². The number of nitrogens with one attached hydrogen (secondary N) is 2. The summed E-state index contributed by atoms with van der Waals surface area (Å²) in [5, 5.41) is 16.8. The van der Waals surface area contributed by atoms with Gasteiger partial charge in [0.2, 0.25) is 11.8 Å². The number of carboxylic acid groups (broad SMARTS) is 1. The van der Waals surface area contributed by atoms with Gasteiger partial charge in [-0.25, -0.2) is 0 Å². The molecule has 3 amide bonds. The van der Waals surface area contributed by atoms with Crippen LogP contribution in [0.1, 0.15) is 51.7 Å². The number of carbonyl (C=O) groups is 5. The average Bonchev–Trinajstić information content (AvgIpc) is 3.09. The van der Waals surface area contributed by atoms with Crippen LogP contribution in [0.5, 0.6) is 0 Å². The van der Waals surface area contributed by atoms with Gasteiger partial charge in [0.25, 0.3) is 5.91 Å². The number of carboxylic acids is 1. The zero-order chi connectivity index (χ0) is 32.9. The molecule has 45 heavy (non-hydrogen) atoms. The number of aliphatic carboxylic acids is 1. The van der Waals surface area contributed by atoms with E-state index in [1.165, 1.54) is 4.90 Å². The number of esters is 1. The zero-order valence-electron chi connectivity index (χ0n) is 26.3. The molecule has 0 aliphatic carbocycles. The van der Waals surface area contributed by atoms with Gasteiger partial charge in [-0.15, -0.1) is 0 Å². The number of benzene rings is 3. The first-order valence-corrected chi connectivity index (χ1v) is 14.9. The van der Waals surface area contributed by atoms with Crippen LogP contribution in [0.4, 0.5) is 11.4 Å². The number of rotatable bonds is 10. The number of nitrogens with zero attached hydrogens (tertiary/aromatic N) is 2. The summed E-state index contributed by atoms with van der Waals surface area (Å²) in [6, 6.07) is 16.8. The molecule has 0 aromatic heterocycles. The fourth-order valence-electron chi connectivity index (χ4n) is 5.26. The molecular weight excluding hydrogens is 576 g/mol. The van der Waals surface area contributed by atoms with Crippen LogP contribution in [0.3, 0.4) is 0 Å². The lowest BCUT2D eigenvalue weighted by Gasteiger charge is -2.27. The van der Waals surface area contributed by atoms with E-state index in [1.54, 1.807) is 56.9 Å². The van der Waals surface area contributed by atoms with E-state index in [2.05, 4.69) is 10.6 Å². The molecule has 0 radical (unpaired) electrons. The zero-order valence-corrected chi connectivity index (χ0v) is 26.3. The second-order valence-electron chi connectivity index (χ2n) is 12.1. The Balaban J connectivity index is 1.68. The number of fused-ring (bicyclic) bond motifs is 2. The molecule has 3 aromatic rings. The Hall–Kier alpha value is -4.77. The van der Waals surface area contributed by atoms with Gasteiger partial charge in [0.15, 0.2) is 0 Å². The summed E-state index contributed by atoms with van der Waals surface area (Å²) in [5.41, 5.74) is 2.10. The van der Waals surface area contributed by atoms with Gasteiger partial charge in [-0.3, -0.25) is 29.3 Å². The van der Waals surface area contributed by atoms with Crippen molar-refractivity contribution in [2.24, 2.45) is 0 Å². The van der Waals surface area contributed by atoms with Crippen LogP contribution >= 0.6 is 0 Å². The number of carbonyl (C=O) groups excluding carboxylic acids is 4. The Bertz CT molecular complexity index is 1610. The van der Waals surface area contributed by atoms with E-state index in [9.17, 15) is 29.1 Å². The first-order valence-electron chi connectivity index (χ1n) is 14.9. The number of amides is 3. The van der Waals surface area contributed by atoms with E-state index < -0.39 is 47.3 Å². The van der Waals surface area contributed by atoms with Crippen LogP contribution in [0.2, 0.25) is 0 Å². The van der Waals surface area contributed by atoms with E-state index in [-0.39, 0.29) is 32.5 Å². The van der Waals surface area contributed by atoms with Crippen LogP contribution in [-0.2, 0) is 35.3 Å². The summed E-state index contributed by atoms with van der Waals surface area (Å²) >= 11 is 0. The lowest BCUT2D eigenvalue weighted by Crippen LogP contribution is -2.56. The van der Waals surface area contributed by atoms with Crippen molar-refractivity contribution in [1.82, 2.24) is 10.6 Å². The van der Waals surface area contributed by atoms with E-state index in [1.807, 2.05) is 43.3 Å². The summed E-state index contributed by atoms with van der Waals surface area (Å²) in [4.78, 5) is 67.6. The van der Waals surface area contributed by atoms with Crippen LogP contribution in [0.15, 0.2) is 60.7 Å². The molecule has 3 aromatic carbocycles. The standard InChI is InChI=1S/C34H40N4O7/c1-21-14-15-23-10-6-7-11-24(23)25(21)19-38-28-13-9-8-12-27(28)37(29(39)16-17-30(40)41)20-26(33(38)44)36-32(43)22(2)35-18-31(42)45-34(3,4)5/h6-15,22,26,35H,16-20H2,1-5H3,(H,36,43)(H,40,41)/t22?,26-/m0/s1. The van der Waals surface area contributed by atoms with Crippen molar-refractivity contribution >= 4 is 51.8 Å². The van der Waals surface area contributed by atoms with Gasteiger partial charge in [-0.05, 0) is 68.7 Å². The summed E-state index contributed by atoms with van der Waals surface area (Å²) in [7, 11) is 0. The maximum absolute atomic E-state index is 14.4. The lowest BCUT2D eigenvalue weighted by atomic mass is 9.99. The predicted octanol–water partition coefficient (Wildman–Crippen LogP) is 3.70. The normalized spacial score (nSPS) is 15.7. The Kier molecular flexibility index (Phi) is 10.2. The smallest absolute Gasteiger partial charge is 0.320 e. The summed E-state index contributed by atoms with van der Waals surface area (Å²) in [6.45, 7) is 8.49. The molecule has 11 heteroatoms. The van der Waals surface area contributed by atoms with E-state index >= 15 is 0 Å². The third-order valence-corrected chi connectivity index (χ3v) is 7.52. The highest BCUT2D eigenvalue weighted by Gasteiger charge is 2.37. The van der Waals surface area contributed by atoms with Gasteiger partial charge < -0.3 is 25.0 Å². The molecule has 2 atom stereocenters. The molecule has 11 nitrogen and oxygen atoms in total. The van der Waals surface area contributed by atoms with Crippen LogP contribution in [0.25, 0.3) is 10.8 Å². The SMILES string of the molecule is Cc1ccc2ccccc2c1CN1C(=O)[C@@H](NC(=O)C(C)NCC(=O)OC(C)(C)C)CN(C(=O)CCC(=O)O)c2ccccc21. The van der Waals surface area contributed by atoms with Gasteiger partial charge in [-0.2, -0.15) is 0 Å². The van der Waals surface area contributed by atoms with Crippen LogP contribution in [-0.4, -0.2) is 65.5 Å². The number of para-hydroxylation sites is 2. The van der Waals surface area contributed by atoms with Crippen molar-refractivity contribution in [2.75, 3.05) is 22.9 Å². The summed E-state index contributed by atoms with van der Waals surface area (Å²) < 4.78 is 5.30. The van der Waals surface area contributed by atoms with Crippen molar-refractivity contribution in [2.45, 2.75) is 71.7 Å². The van der Waals surface area contributed by atoms with Crippen LogP contribution < -0.4 is 20.4 Å². The molecule has 0 fully saturated rings. The third kappa shape index (κ3) is 8.24. The molecule has 0 saturated heterocycles. The molecular formula is C34H40N4O7. The van der Waals surface area contributed by atoms with Gasteiger partial charge in [0, 0.05) is 6.42 Å². The molecule has 1 unspecified atom stereocenters. The van der Waals surface area contributed by atoms with E-state index in [0.717, 1.165) is 21.9 Å². The Labute approximate surface area is 262 Å². The molecule has 3 N–H and O–H groups in total. The Morgan fingerprint density at radius 1 is 0.978 bits per heavy atom. The highest BCUT2D eigenvalue weighted by Crippen LogP contribution is 2.36. The molecule has 0 spiro atoms. The second kappa shape index (κ2) is 13.9. The number of hydrogen-bond acceptors (Lipinski definition) is 7. The Morgan fingerprint density at radius 3 is 2.33 bits per heavy atom. The lowest BCUT2D eigenvalue weighted by molar-refractivity contribution is -0.153. The molecule has 0 saturated carbocycles. The maximum Gasteiger partial charge on any atom is 0.320 e. The minimum absolute atomic E-state index is 0.166. The van der Waals surface area contributed by atoms with Gasteiger partial charge in [-0.1, -0.05) is 48.5 Å².